The number of pyridine rings is 1. The second-order valence-electron chi connectivity index (χ2n) is 5.64. The third-order valence-electron chi connectivity index (χ3n) is 3.92. The minimum Gasteiger partial charge on any atom is -0.355 e. The number of nitrogens with zero attached hydrogens (tertiary/aromatic N) is 7. The summed E-state index contributed by atoms with van der Waals surface area (Å²) in [6.07, 6.45) is 9.80. The van der Waals surface area contributed by atoms with E-state index in [1.54, 1.807) is 25.9 Å². The lowest BCUT2D eigenvalue weighted by atomic mass is 10.3. The molecule has 0 bridgehead atoms. The highest BCUT2D eigenvalue weighted by Gasteiger charge is 2.03. The maximum atomic E-state index is 4.45. The van der Waals surface area contributed by atoms with Crippen molar-refractivity contribution in [2.75, 3.05) is 13.6 Å². The van der Waals surface area contributed by atoms with Crippen LogP contribution in [0.2, 0.25) is 0 Å². The molecule has 3 rings (SSSR count). The number of imidazole rings is 1. The van der Waals surface area contributed by atoms with Gasteiger partial charge in [-0.3, -0.25) is 9.56 Å². The fraction of sp³-hybridized carbons (Fsp3) is 0.353. The molecule has 0 aliphatic rings. The minimum atomic E-state index is 0. The van der Waals surface area contributed by atoms with Gasteiger partial charge in [-0.15, -0.1) is 34.2 Å². The first-order valence-electron chi connectivity index (χ1n) is 8.54. The molecule has 3 aromatic rings. The molecule has 27 heavy (non-hydrogen) atoms. The lowest BCUT2D eigenvalue weighted by Crippen LogP contribution is -2.38. The van der Waals surface area contributed by atoms with Crippen molar-refractivity contribution in [2.45, 2.75) is 26.4 Å². The third kappa shape index (κ3) is 5.74. The van der Waals surface area contributed by atoms with Crippen molar-refractivity contribution in [1.82, 2.24) is 39.9 Å². The van der Waals surface area contributed by atoms with Gasteiger partial charge in [0.1, 0.15) is 24.3 Å². The number of halogens is 1. The normalized spacial score (nSPS) is 11.1. The summed E-state index contributed by atoms with van der Waals surface area (Å²) in [5.41, 5.74) is 1.07. The molecule has 0 radical (unpaired) electrons. The molecule has 0 spiro atoms. The fourth-order valence-electron chi connectivity index (χ4n) is 2.51. The number of nitrogens with one attached hydrogen (secondary N) is 2. The van der Waals surface area contributed by atoms with Crippen molar-refractivity contribution >= 4 is 29.9 Å². The van der Waals surface area contributed by atoms with Gasteiger partial charge in [-0.25, -0.2) is 9.97 Å². The summed E-state index contributed by atoms with van der Waals surface area (Å²) >= 11 is 0. The average Bonchev–Trinajstić information content (AvgIpc) is 3.36. The van der Waals surface area contributed by atoms with Crippen LogP contribution in [-0.2, 0) is 19.5 Å². The summed E-state index contributed by atoms with van der Waals surface area (Å²) in [6.45, 7) is 4.24. The van der Waals surface area contributed by atoms with Crippen molar-refractivity contribution in [3.8, 4) is 5.82 Å². The van der Waals surface area contributed by atoms with Gasteiger partial charge in [0.05, 0.1) is 0 Å². The molecule has 3 heterocycles. The van der Waals surface area contributed by atoms with Crippen LogP contribution in [0.1, 0.15) is 18.3 Å². The lowest BCUT2D eigenvalue weighted by molar-refractivity contribution is 0.632. The van der Waals surface area contributed by atoms with E-state index in [0.717, 1.165) is 42.7 Å². The number of aliphatic imine (C=N–C) groups is 1. The van der Waals surface area contributed by atoms with Crippen LogP contribution in [0.15, 0.2) is 48.4 Å². The predicted octanol–water partition coefficient (Wildman–Crippen LogP) is 1.40. The number of rotatable bonds is 7. The highest BCUT2D eigenvalue weighted by Crippen LogP contribution is 2.05. The highest BCUT2D eigenvalue weighted by molar-refractivity contribution is 14.0. The van der Waals surface area contributed by atoms with Crippen LogP contribution in [0.4, 0.5) is 0 Å². The molecule has 0 aromatic carbocycles. The Kier molecular flexibility index (Phi) is 8.17. The summed E-state index contributed by atoms with van der Waals surface area (Å²) in [4.78, 5) is 12.7. The Bertz CT molecular complexity index is 824. The summed E-state index contributed by atoms with van der Waals surface area (Å²) in [6, 6.07) is 4.00. The third-order valence-corrected chi connectivity index (χ3v) is 3.92. The van der Waals surface area contributed by atoms with E-state index >= 15 is 0 Å². The second-order valence-corrected chi connectivity index (χ2v) is 5.64. The van der Waals surface area contributed by atoms with E-state index in [0.29, 0.717) is 6.54 Å². The molecule has 0 aliphatic heterocycles. The predicted molar refractivity (Wildman–Crippen MR) is 114 cm³/mol. The Balaban J connectivity index is 0.00000261. The summed E-state index contributed by atoms with van der Waals surface area (Å²) in [7, 11) is 1.76. The van der Waals surface area contributed by atoms with E-state index in [9.17, 15) is 0 Å². The molecular formula is C17H24IN9. The Morgan fingerprint density at radius 1 is 1.22 bits per heavy atom. The molecule has 0 atom stereocenters. The Hall–Kier alpha value is -2.50. The lowest BCUT2D eigenvalue weighted by Gasteiger charge is -2.13. The first-order valence-corrected chi connectivity index (χ1v) is 8.54. The SMILES string of the molecule is CCc1nncn1CCNC(=NC)NCc1ccc(-n2ccnc2)nc1.I. The number of guanidine groups is 1. The average molecular weight is 481 g/mol. The summed E-state index contributed by atoms with van der Waals surface area (Å²) < 4.78 is 3.91. The molecule has 2 N–H and O–H groups in total. The molecule has 0 unspecified atom stereocenters. The first-order chi connectivity index (χ1) is 12.8. The standard InChI is InChI=1S/C17H23N9.HI/c1-3-15-24-23-13-26(15)9-7-20-17(18-2)22-11-14-4-5-16(21-10-14)25-8-6-19-12-25;/h4-6,8,10,12-13H,3,7,9,11H2,1-2H3,(H2,18,20,22);1H. The molecule has 10 heteroatoms. The van der Waals surface area contributed by atoms with Gasteiger partial charge >= 0.3 is 0 Å². The molecule has 9 nitrogen and oxygen atoms in total. The molecule has 0 amide bonds. The van der Waals surface area contributed by atoms with Crippen LogP contribution in [0.5, 0.6) is 0 Å². The maximum absolute atomic E-state index is 4.45. The van der Waals surface area contributed by atoms with Crippen LogP contribution < -0.4 is 10.6 Å². The van der Waals surface area contributed by atoms with Crippen LogP contribution >= 0.6 is 24.0 Å². The summed E-state index contributed by atoms with van der Waals surface area (Å²) in [5.74, 6) is 2.57. The number of hydrogen-bond acceptors (Lipinski definition) is 5. The molecule has 0 saturated carbocycles. The van der Waals surface area contributed by atoms with E-state index in [4.69, 9.17) is 0 Å². The van der Waals surface area contributed by atoms with Crippen molar-refractivity contribution in [1.29, 1.82) is 0 Å². The molecule has 0 fully saturated rings. The zero-order valence-electron chi connectivity index (χ0n) is 15.4. The topological polar surface area (TPSA) is 97.8 Å². The first kappa shape index (κ1) is 20.8. The number of aromatic nitrogens is 6. The van der Waals surface area contributed by atoms with Gasteiger partial charge in [-0.1, -0.05) is 13.0 Å². The van der Waals surface area contributed by atoms with E-state index < -0.39 is 0 Å². The Labute approximate surface area is 175 Å². The van der Waals surface area contributed by atoms with Crippen molar-refractivity contribution < 1.29 is 0 Å². The van der Waals surface area contributed by atoms with Gasteiger partial charge in [0, 0.05) is 51.7 Å². The highest BCUT2D eigenvalue weighted by atomic mass is 127. The van der Waals surface area contributed by atoms with Crippen molar-refractivity contribution in [2.24, 2.45) is 4.99 Å². The Morgan fingerprint density at radius 2 is 2.11 bits per heavy atom. The van der Waals surface area contributed by atoms with E-state index in [1.807, 2.05) is 33.7 Å². The molecule has 144 valence electrons. The van der Waals surface area contributed by atoms with Crippen molar-refractivity contribution in [3.63, 3.8) is 0 Å². The molecular weight excluding hydrogens is 457 g/mol. The maximum Gasteiger partial charge on any atom is 0.191 e. The molecule has 3 aromatic heterocycles. The van der Waals surface area contributed by atoms with Crippen LogP contribution in [-0.4, -0.2) is 48.9 Å². The molecule has 0 saturated heterocycles. The minimum absolute atomic E-state index is 0. The zero-order chi connectivity index (χ0) is 18.2. The van der Waals surface area contributed by atoms with Gasteiger partial charge in [0.2, 0.25) is 0 Å². The largest absolute Gasteiger partial charge is 0.355 e. The second kappa shape index (κ2) is 10.6. The van der Waals surface area contributed by atoms with Gasteiger partial charge in [0.25, 0.3) is 0 Å². The fourth-order valence-corrected chi connectivity index (χ4v) is 2.51. The molecule has 0 aliphatic carbocycles. The summed E-state index contributed by atoms with van der Waals surface area (Å²) in [5, 5.41) is 14.6. The van der Waals surface area contributed by atoms with Crippen LogP contribution in [0.3, 0.4) is 0 Å². The van der Waals surface area contributed by atoms with E-state index in [-0.39, 0.29) is 24.0 Å². The Morgan fingerprint density at radius 3 is 2.78 bits per heavy atom. The zero-order valence-corrected chi connectivity index (χ0v) is 17.7. The number of hydrogen-bond donors (Lipinski definition) is 2. The van der Waals surface area contributed by atoms with Gasteiger partial charge in [-0.05, 0) is 11.6 Å². The van der Waals surface area contributed by atoms with Gasteiger partial charge < -0.3 is 15.2 Å². The van der Waals surface area contributed by atoms with Crippen molar-refractivity contribution in [3.05, 3.63) is 54.8 Å². The quantitative estimate of drug-likeness (QED) is 0.301. The van der Waals surface area contributed by atoms with Gasteiger partial charge in [0.15, 0.2) is 5.96 Å². The van der Waals surface area contributed by atoms with Crippen LogP contribution in [0.25, 0.3) is 5.82 Å². The smallest absolute Gasteiger partial charge is 0.191 e. The number of aryl methyl sites for hydroxylation is 1. The van der Waals surface area contributed by atoms with Crippen LogP contribution in [0, 0.1) is 0 Å². The monoisotopic (exact) mass is 481 g/mol. The van der Waals surface area contributed by atoms with E-state index in [2.05, 4.69) is 42.7 Å². The van der Waals surface area contributed by atoms with E-state index in [1.165, 1.54) is 0 Å². The van der Waals surface area contributed by atoms with Gasteiger partial charge in [-0.2, -0.15) is 0 Å².